The van der Waals surface area contributed by atoms with Crippen LogP contribution in [0, 0.1) is 0 Å². The van der Waals surface area contributed by atoms with Crippen molar-refractivity contribution in [2.75, 3.05) is 13.1 Å². The van der Waals surface area contributed by atoms with Crippen molar-refractivity contribution in [1.29, 1.82) is 0 Å². The Morgan fingerprint density at radius 1 is 1.47 bits per heavy atom. The molecule has 5 heteroatoms. The number of hydrogen-bond acceptors (Lipinski definition) is 3. The Labute approximate surface area is 89.8 Å². The molecular formula is C10H19N3O2. The summed E-state index contributed by atoms with van der Waals surface area (Å²) in [7, 11) is 0. The molecule has 1 heterocycles. The van der Waals surface area contributed by atoms with E-state index in [1.54, 1.807) is 0 Å². The van der Waals surface area contributed by atoms with Gasteiger partial charge in [-0.15, -0.1) is 0 Å². The Kier molecular flexibility index (Phi) is 4.08. The van der Waals surface area contributed by atoms with Crippen molar-refractivity contribution in [3.63, 3.8) is 0 Å². The van der Waals surface area contributed by atoms with Crippen molar-refractivity contribution in [2.24, 2.45) is 5.73 Å². The van der Waals surface area contributed by atoms with Crippen molar-refractivity contribution >= 4 is 11.8 Å². The molecule has 15 heavy (non-hydrogen) atoms. The zero-order valence-electron chi connectivity index (χ0n) is 9.14. The van der Waals surface area contributed by atoms with Crippen LogP contribution in [-0.4, -0.2) is 30.4 Å². The summed E-state index contributed by atoms with van der Waals surface area (Å²) in [6.07, 6.45) is 3.22. The van der Waals surface area contributed by atoms with Gasteiger partial charge in [0, 0.05) is 13.0 Å². The molecule has 1 atom stereocenters. The predicted molar refractivity (Wildman–Crippen MR) is 57.1 cm³/mol. The quantitative estimate of drug-likeness (QED) is 0.589. The van der Waals surface area contributed by atoms with Gasteiger partial charge in [0.1, 0.15) is 0 Å². The number of carbonyl (C=O) groups excluding carboxylic acids is 2. The third kappa shape index (κ3) is 3.51. The highest BCUT2D eigenvalue weighted by atomic mass is 16.2. The van der Waals surface area contributed by atoms with Gasteiger partial charge in [0.25, 0.3) is 0 Å². The van der Waals surface area contributed by atoms with Crippen LogP contribution in [0.25, 0.3) is 0 Å². The molecule has 1 saturated heterocycles. The Morgan fingerprint density at radius 3 is 2.73 bits per heavy atom. The first kappa shape index (κ1) is 12.0. The summed E-state index contributed by atoms with van der Waals surface area (Å²) < 4.78 is 0. The molecule has 0 bridgehead atoms. The number of hydrogen-bond donors (Lipinski definition) is 3. The standard InChI is InChI=1S/C10H19N3O2/c1-10(5-2-3-6-13-10)9(15)12-7-4-8(11)14/h13H,2-7H2,1H3,(H2,11,14)(H,12,15). The summed E-state index contributed by atoms with van der Waals surface area (Å²) in [5.74, 6) is -0.430. The molecule has 0 aromatic heterocycles. The fourth-order valence-corrected chi connectivity index (χ4v) is 1.74. The van der Waals surface area contributed by atoms with Gasteiger partial charge >= 0.3 is 0 Å². The van der Waals surface area contributed by atoms with Gasteiger partial charge in [-0.05, 0) is 32.7 Å². The molecule has 1 aliphatic heterocycles. The van der Waals surface area contributed by atoms with Crippen LogP contribution in [0.1, 0.15) is 32.6 Å². The maximum atomic E-state index is 11.8. The van der Waals surface area contributed by atoms with Gasteiger partial charge in [-0.2, -0.15) is 0 Å². The van der Waals surface area contributed by atoms with Gasteiger partial charge in [0.05, 0.1) is 5.54 Å². The first-order chi connectivity index (χ1) is 7.04. The van der Waals surface area contributed by atoms with E-state index in [4.69, 9.17) is 5.73 Å². The second-order valence-electron chi connectivity index (χ2n) is 4.19. The molecule has 0 aliphatic carbocycles. The van der Waals surface area contributed by atoms with Crippen LogP contribution in [-0.2, 0) is 9.59 Å². The topological polar surface area (TPSA) is 84.2 Å². The van der Waals surface area contributed by atoms with Crippen molar-refractivity contribution in [3.05, 3.63) is 0 Å². The van der Waals surface area contributed by atoms with Crippen LogP contribution in [0.2, 0.25) is 0 Å². The van der Waals surface area contributed by atoms with E-state index < -0.39 is 11.4 Å². The summed E-state index contributed by atoms with van der Waals surface area (Å²) in [6, 6.07) is 0. The third-order valence-electron chi connectivity index (χ3n) is 2.78. The highest BCUT2D eigenvalue weighted by Gasteiger charge is 2.33. The summed E-state index contributed by atoms with van der Waals surface area (Å²) in [4.78, 5) is 22.3. The van der Waals surface area contributed by atoms with Crippen molar-refractivity contribution in [2.45, 2.75) is 38.1 Å². The van der Waals surface area contributed by atoms with Crippen LogP contribution < -0.4 is 16.4 Å². The van der Waals surface area contributed by atoms with Gasteiger partial charge < -0.3 is 16.4 Å². The van der Waals surface area contributed by atoms with E-state index in [-0.39, 0.29) is 12.3 Å². The molecule has 0 saturated carbocycles. The van der Waals surface area contributed by atoms with E-state index in [0.29, 0.717) is 6.54 Å². The highest BCUT2D eigenvalue weighted by Crippen LogP contribution is 2.18. The van der Waals surface area contributed by atoms with Gasteiger partial charge in [-0.3, -0.25) is 9.59 Å². The monoisotopic (exact) mass is 213 g/mol. The number of piperidine rings is 1. The van der Waals surface area contributed by atoms with Gasteiger partial charge in [-0.1, -0.05) is 0 Å². The van der Waals surface area contributed by atoms with Crippen molar-refractivity contribution in [3.8, 4) is 0 Å². The van der Waals surface area contributed by atoms with Crippen molar-refractivity contribution < 1.29 is 9.59 Å². The number of carbonyl (C=O) groups is 2. The number of amides is 2. The van der Waals surface area contributed by atoms with Gasteiger partial charge in [-0.25, -0.2) is 0 Å². The molecule has 86 valence electrons. The number of nitrogens with two attached hydrogens (primary N) is 1. The van der Waals surface area contributed by atoms with E-state index in [2.05, 4.69) is 10.6 Å². The summed E-state index contributed by atoms with van der Waals surface area (Å²) in [6.45, 7) is 3.09. The first-order valence-electron chi connectivity index (χ1n) is 5.36. The van der Waals surface area contributed by atoms with E-state index in [0.717, 1.165) is 25.8 Å². The van der Waals surface area contributed by atoms with E-state index in [9.17, 15) is 9.59 Å². The Morgan fingerprint density at radius 2 is 2.20 bits per heavy atom. The number of primary amides is 1. The minimum atomic E-state index is -0.476. The molecular weight excluding hydrogens is 194 g/mol. The lowest BCUT2D eigenvalue weighted by molar-refractivity contribution is -0.128. The maximum Gasteiger partial charge on any atom is 0.240 e. The lowest BCUT2D eigenvalue weighted by atomic mass is 9.90. The number of rotatable bonds is 4. The number of nitrogens with one attached hydrogen (secondary N) is 2. The summed E-state index contributed by atoms with van der Waals surface area (Å²) in [5.41, 5.74) is 4.51. The average molecular weight is 213 g/mol. The SMILES string of the molecule is CC1(C(=O)NCCC(N)=O)CCCCN1. The smallest absolute Gasteiger partial charge is 0.240 e. The second kappa shape index (κ2) is 5.11. The van der Waals surface area contributed by atoms with E-state index in [1.807, 2.05) is 6.92 Å². The van der Waals surface area contributed by atoms with E-state index >= 15 is 0 Å². The molecule has 4 N–H and O–H groups in total. The fourth-order valence-electron chi connectivity index (χ4n) is 1.74. The molecule has 0 radical (unpaired) electrons. The Bertz CT molecular complexity index is 247. The van der Waals surface area contributed by atoms with Gasteiger partial charge in [0.15, 0.2) is 0 Å². The van der Waals surface area contributed by atoms with Crippen LogP contribution in [0.3, 0.4) is 0 Å². The molecule has 2 amide bonds. The van der Waals surface area contributed by atoms with Crippen molar-refractivity contribution in [1.82, 2.24) is 10.6 Å². The summed E-state index contributed by atoms with van der Waals surface area (Å²) in [5, 5.41) is 5.93. The third-order valence-corrected chi connectivity index (χ3v) is 2.78. The van der Waals surface area contributed by atoms with Crippen LogP contribution >= 0.6 is 0 Å². The zero-order chi connectivity index (χ0) is 11.3. The molecule has 1 unspecified atom stereocenters. The van der Waals surface area contributed by atoms with Crippen LogP contribution in [0.4, 0.5) is 0 Å². The Hall–Kier alpha value is -1.10. The molecule has 5 nitrogen and oxygen atoms in total. The maximum absolute atomic E-state index is 11.8. The predicted octanol–water partition coefficient (Wildman–Crippen LogP) is -0.490. The molecule has 1 aliphatic rings. The average Bonchev–Trinajstić information content (AvgIpc) is 2.18. The minimum Gasteiger partial charge on any atom is -0.370 e. The minimum absolute atomic E-state index is 0.0385. The normalized spacial score (nSPS) is 25.9. The van der Waals surface area contributed by atoms with E-state index in [1.165, 1.54) is 0 Å². The summed E-state index contributed by atoms with van der Waals surface area (Å²) >= 11 is 0. The fraction of sp³-hybridized carbons (Fsp3) is 0.800. The first-order valence-corrected chi connectivity index (χ1v) is 5.36. The van der Waals surface area contributed by atoms with Gasteiger partial charge in [0.2, 0.25) is 11.8 Å². The van der Waals surface area contributed by atoms with Crippen LogP contribution in [0.15, 0.2) is 0 Å². The molecule has 0 aromatic carbocycles. The lowest BCUT2D eigenvalue weighted by Crippen LogP contribution is -2.57. The molecule has 1 rings (SSSR count). The highest BCUT2D eigenvalue weighted by molar-refractivity contribution is 5.86. The molecule has 1 fully saturated rings. The lowest BCUT2D eigenvalue weighted by Gasteiger charge is -2.33. The Balaban J connectivity index is 2.34. The zero-order valence-corrected chi connectivity index (χ0v) is 9.14. The van der Waals surface area contributed by atoms with Crippen LogP contribution in [0.5, 0.6) is 0 Å². The largest absolute Gasteiger partial charge is 0.370 e. The molecule has 0 spiro atoms. The molecule has 0 aromatic rings. The second-order valence-corrected chi connectivity index (χ2v) is 4.19.